The quantitative estimate of drug-likeness (QED) is 0.0374. The predicted octanol–water partition coefficient (Wildman–Crippen LogP) is 7.85. The number of nitrogens with zero attached hydrogens (tertiary/aromatic N) is 6. The first kappa shape index (κ1) is 36.2. The van der Waals surface area contributed by atoms with Crippen LogP contribution in [0.25, 0.3) is 10.8 Å². The highest BCUT2D eigenvalue weighted by atomic mass is 35.5. The van der Waals surface area contributed by atoms with Crippen LogP contribution in [-0.4, -0.2) is 46.4 Å². The lowest BCUT2D eigenvalue weighted by Crippen LogP contribution is -2.16. The minimum atomic E-state index is -5.10. The molecule has 1 heterocycles. The number of fused-ring (bicyclic) bond motifs is 1. The zero-order chi connectivity index (χ0) is 37.2. The van der Waals surface area contributed by atoms with Crippen LogP contribution >= 0.6 is 23.2 Å². The molecule has 0 aliphatic carbocycles. The first-order chi connectivity index (χ1) is 24.7. The molecule has 1 aromatic heterocycles. The Kier molecular flexibility index (Phi) is 10.1. The van der Waals surface area contributed by atoms with E-state index >= 15 is 0 Å². The van der Waals surface area contributed by atoms with Gasteiger partial charge in [-0.25, -0.2) is 0 Å². The van der Waals surface area contributed by atoms with Gasteiger partial charge in [-0.1, -0.05) is 60.7 Å². The van der Waals surface area contributed by atoms with Gasteiger partial charge in [0.1, 0.15) is 21.6 Å². The van der Waals surface area contributed by atoms with Gasteiger partial charge in [0.15, 0.2) is 5.75 Å². The highest BCUT2D eigenvalue weighted by Crippen LogP contribution is 2.45. The summed E-state index contributed by atoms with van der Waals surface area (Å²) in [6, 6.07) is 24.2. The number of hydrogen-bond donors (Lipinski definition) is 3. The van der Waals surface area contributed by atoms with E-state index in [0.717, 1.165) is 18.2 Å². The van der Waals surface area contributed by atoms with Crippen molar-refractivity contribution in [1.29, 1.82) is 0 Å². The van der Waals surface area contributed by atoms with Crippen LogP contribution in [0, 0.1) is 10.1 Å². The van der Waals surface area contributed by atoms with Gasteiger partial charge < -0.3 is 10.4 Å². The van der Waals surface area contributed by atoms with Gasteiger partial charge in [0.2, 0.25) is 16.5 Å². The molecule has 3 N–H and O–H groups in total. The van der Waals surface area contributed by atoms with E-state index in [9.17, 15) is 36.6 Å². The Hall–Kier alpha value is -5.63. The molecule has 6 aromatic rings. The molecule has 16 nitrogen and oxygen atoms in total. The van der Waals surface area contributed by atoms with Crippen LogP contribution < -0.4 is 5.32 Å². The molecule has 20 heteroatoms. The average molecular weight is 783 g/mol. The Morgan fingerprint density at radius 2 is 1.40 bits per heavy atom. The first-order valence-electron chi connectivity index (χ1n) is 14.5. The number of nitro benzene ring substituents is 1. The largest absolute Gasteiger partial charge is 0.505 e. The van der Waals surface area contributed by atoms with Crippen LogP contribution in [0.2, 0.25) is 10.6 Å². The average Bonchev–Trinajstić information content (AvgIpc) is 3.10. The molecular weight excluding hydrogens is 761 g/mol. The summed E-state index contributed by atoms with van der Waals surface area (Å²) in [5.41, 5.74) is -1.05. The highest BCUT2D eigenvalue weighted by molar-refractivity contribution is 7.87. The summed E-state index contributed by atoms with van der Waals surface area (Å²) < 4.78 is 69.7. The van der Waals surface area contributed by atoms with Crippen molar-refractivity contribution in [2.75, 3.05) is 5.32 Å². The summed E-state index contributed by atoms with van der Waals surface area (Å²) in [5, 5.41) is 32.7. The van der Waals surface area contributed by atoms with Gasteiger partial charge in [0, 0.05) is 11.5 Å². The van der Waals surface area contributed by atoms with Gasteiger partial charge in [-0.15, -0.1) is 5.11 Å². The lowest BCUT2D eigenvalue weighted by atomic mass is 10.0. The third-order valence-electron chi connectivity index (χ3n) is 7.29. The zero-order valence-corrected chi connectivity index (χ0v) is 29.0. The van der Waals surface area contributed by atoms with Crippen molar-refractivity contribution in [3.63, 3.8) is 0 Å². The number of nitro groups is 1. The van der Waals surface area contributed by atoms with Gasteiger partial charge in [0.25, 0.3) is 25.9 Å². The fourth-order valence-electron chi connectivity index (χ4n) is 5.05. The fraction of sp³-hybridized carbons (Fsp3) is 0.0312. The Bertz CT molecular complexity index is 2580. The Balaban J connectivity index is 1.59. The molecule has 0 spiro atoms. The maximum atomic E-state index is 14.4. The fourth-order valence-corrected chi connectivity index (χ4v) is 7.29. The number of para-hydroxylation sites is 1. The van der Waals surface area contributed by atoms with Crippen molar-refractivity contribution in [2.45, 2.75) is 15.9 Å². The van der Waals surface area contributed by atoms with Gasteiger partial charge >= 0.3 is 0 Å². The maximum absolute atomic E-state index is 14.4. The molecule has 264 valence electrons. The number of phenols is 1. The number of azo groups is 1. The summed E-state index contributed by atoms with van der Waals surface area (Å²) >= 11 is 11.9. The second-order valence-corrected chi connectivity index (χ2v) is 14.2. The van der Waals surface area contributed by atoms with Crippen molar-refractivity contribution < 1.29 is 35.6 Å². The molecule has 6 rings (SSSR count). The molecule has 1 atom stereocenters. The van der Waals surface area contributed by atoms with Crippen molar-refractivity contribution in [3.8, 4) is 5.75 Å². The van der Waals surface area contributed by atoms with Crippen LogP contribution in [0.15, 0.2) is 123 Å². The van der Waals surface area contributed by atoms with E-state index in [1.54, 1.807) is 48.5 Å². The smallest absolute Gasteiger partial charge is 0.299 e. The van der Waals surface area contributed by atoms with Crippen molar-refractivity contribution in [2.24, 2.45) is 10.2 Å². The molecule has 52 heavy (non-hydrogen) atoms. The third kappa shape index (κ3) is 7.81. The molecule has 0 amide bonds. The van der Waals surface area contributed by atoms with Crippen LogP contribution in [0.1, 0.15) is 17.2 Å². The highest BCUT2D eigenvalue weighted by Gasteiger charge is 2.33. The van der Waals surface area contributed by atoms with E-state index < -0.39 is 58.2 Å². The second-order valence-electron chi connectivity index (χ2n) is 10.6. The van der Waals surface area contributed by atoms with Crippen LogP contribution in [0.3, 0.4) is 0 Å². The van der Waals surface area contributed by atoms with E-state index in [2.05, 4.69) is 30.5 Å². The molecule has 1 unspecified atom stereocenters. The lowest BCUT2D eigenvalue weighted by Gasteiger charge is -2.20. The number of anilines is 2. The summed E-state index contributed by atoms with van der Waals surface area (Å²) in [7, 11) is -10.1. The summed E-state index contributed by atoms with van der Waals surface area (Å²) in [6.45, 7) is 0. The number of aromatic hydroxyl groups is 1. The molecule has 5 aromatic carbocycles. The Labute approximate surface area is 304 Å². The minimum Gasteiger partial charge on any atom is -0.505 e. The second kappa shape index (κ2) is 14.5. The minimum absolute atomic E-state index is 0.103. The normalized spacial score (nSPS) is 12.6. The van der Waals surface area contributed by atoms with Crippen molar-refractivity contribution in [3.05, 3.63) is 135 Å². The standard InChI is InChI=1S/C32H21Cl2N7O9S2/c33-30-36-31(34)38-32(37-30)35-23-17-22-19(16-26(51(45,46)47)27(28(22)42)40-39-20-11-5-2-6-12-20)15-25(23)52(48,49)50-29(18-9-3-1-4-10-18)21-13-7-8-14-24(21)41(43)44/h1-17,29,42H,(H,45,46,47)(H,35,36,37,38). The summed E-state index contributed by atoms with van der Waals surface area (Å²) in [5.74, 6) is -1.16. The van der Waals surface area contributed by atoms with E-state index in [0.29, 0.717) is 0 Å². The molecule has 0 aliphatic rings. The molecule has 0 aliphatic heterocycles. The van der Waals surface area contributed by atoms with Crippen molar-refractivity contribution >= 4 is 82.9 Å². The Morgan fingerprint density at radius 3 is 2.04 bits per heavy atom. The number of halogens is 2. The van der Waals surface area contributed by atoms with Crippen LogP contribution in [-0.2, 0) is 24.4 Å². The molecule has 0 saturated carbocycles. The van der Waals surface area contributed by atoms with Crippen LogP contribution in [0.4, 0.5) is 28.7 Å². The van der Waals surface area contributed by atoms with E-state index in [1.807, 2.05) is 0 Å². The topological polar surface area (TPSA) is 237 Å². The number of aromatic nitrogens is 3. The van der Waals surface area contributed by atoms with E-state index in [-0.39, 0.29) is 49.8 Å². The van der Waals surface area contributed by atoms with Gasteiger partial charge in [-0.3, -0.25) is 18.9 Å². The summed E-state index contributed by atoms with van der Waals surface area (Å²) in [4.78, 5) is 21.2. The molecular formula is C32H21Cl2N7O9S2. The van der Waals surface area contributed by atoms with Gasteiger partial charge in [-0.2, -0.15) is 36.9 Å². The number of benzene rings is 5. The number of phenolic OH excluding ortho intramolecular Hbond substituents is 1. The van der Waals surface area contributed by atoms with E-state index in [4.69, 9.17) is 27.4 Å². The Morgan fingerprint density at radius 1 is 0.808 bits per heavy atom. The van der Waals surface area contributed by atoms with E-state index in [1.165, 1.54) is 36.4 Å². The van der Waals surface area contributed by atoms with Gasteiger partial charge in [0.05, 0.1) is 21.9 Å². The predicted molar refractivity (Wildman–Crippen MR) is 189 cm³/mol. The SMILES string of the molecule is O=[N+]([O-])c1ccccc1C(OS(=O)(=O)c1cc2cc(S(=O)(=O)O)c(N=Nc3ccccc3)c(O)c2cc1Nc1nc(Cl)nc(Cl)n1)c1ccccc1. The number of rotatable bonds is 11. The van der Waals surface area contributed by atoms with Gasteiger partial charge in [-0.05, 0) is 70.5 Å². The number of hydrogen-bond acceptors (Lipinski definition) is 14. The third-order valence-corrected chi connectivity index (χ3v) is 9.82. The number of nitrogens with one attached hydrogen (secondary N) is 1. The summed E-state index contributed by atoms with van der Waals surface area (Å²) in [6.07, 6.45) is -1.57. The maximum Gasteiger partial charge on any atom is 0.299 e. The van der Waals surface area contributed by atoms with Crippen LogP contribution in [0.5, 0.6) is 5.75 Å². The first-order valence-corrected chi connectivity index (χ1v) is 18.2. The lowest BCUT2D eigenvalue weighted by molar-refractivity contribution is -0.386. The zero-order valence-electron chi connectivity index (χ0n) is 25.9. The molecule has 0 radical (unpaired) electrons. The molecule has 0 bridgehead atoms. The van der Waals surface area contributed by atoms with Crippen molar-refractivity contribution in [1.82, 2.24) is 15.0 Å². The molecule has 0 fully saturated rings. The molecule has 0 saturated heterocycles. The monoisotopic (exact) mass is 781 g/mol.